The van der Waals surface area contributed by atoms with Crippen molar-refractivity contribution in [1.82, 2.24) is 10.1 Å². The number of alkyl halides is 2. The Balaban J connectivity index is 1.58. The topological polar surface area (TPSA) is 79.5 Å². The fourth-order valence-electron chi connectivity index (χ4n) is 3.28. The summed E-state index contributed by atoms with van der Waals surface area (Å²) in [5.41, 5.74) is 0.322. The van der Waals surface area contributed by atoms with Gasteiger partial charge in [0, 0.05) is 25.6 Å². The summed E-state index contributed by atoms with van der Waals surface area (Å²) in [5, 5.41) is 12.4. The fourth-order valence-corrected chi connectivity index (χ4v) is 3.28. The summed E-state index contributed by atoms with van der Waals surface area (Å²) in [5.74, 6) is 0.387. The molecule has 1 N–H and O–H groups in total. The maximum Gasteiger partial charge on any atom is 0.374 e. The molecule has 2 unspecified atom stereocenters. The molecular formula is C16H15F2N3O3. The van der Waals surface area contributed by atoms with E-state index in [1.807, 2.05) is 4.90 Å². The standard InChI is InChI=1S/C16H15F2N3O3/c17-15(18)14-8(4-11-5-12(16(22)23)24-20-11)1-2-13(19-14)21-6-9-3-10(9)7-21/h1-2,5,9-10,15H,3-4,6-7H2,(H,22,23). The first-order chi connectivity index (χ1) is 11.5. The Labute approximate surface area is 136 Å². The van der Waals surface area contributed by atoms with Crippen molar-refractivity contribution < 1.29 is 23.2 Å². The average Bonchev–Trinajstić information content (AvgIpc) is 2.97. The highest BCUT2D eigenvalue weighted by Gasteiger charge is 2.45. The highest BCUT2D eigenvalue weighted by molar-refractivity contribution is 5.84. The van der Waals surface area contributed by atoms with Gasteiger partial charge < -0.3 is 14.5 Å². The number of nitrogens with zero attached hydrogens (tertiary/aromatic N) is 3. The molecule has 1 saturated heterocycles. The lowest BCUT2D eigenvalue weighted by molar-refractivity contribution is 0.0652. The number of halogens is 2. The molecule has 0 aromatic carbocycles. The number of carbonyl (C=O) groups is 1. The summed E-state index contributed by atoms with van der Waals surface area (Å²) >= 11 is 0. The summed E-state index contributed by atoms with van der Waals surface area (Å²) in [6.45, 7) is 1.76. The first-order valence-electron chi connectivity index (χ1n) is 7.73. The van der Waals surface area contributed by atoms with E-state index in [4.69, 9.17) is 5.11 Å². The summed E-state index contributed by atoms with van der Waals surface area (Å²) in [7, 11) is 0. The van der Waals surface area contributed by atoms with Crippen LogP contribution in [-0.2, 0) is 6.42 Å². The second kappa shape index (κ2) is 5.54. The number of rotatable bonds is 5. The van der Waals surface area contributed by atoms with E-state index in [1.165, 1.54) is 12.5 Å². The van der Waals surface area contributed by atoms with Crippen LogP contribution in [0.1, 0.15) is 40.4 Å². The normalized spacial score (nSPS) is 22.0. The van der Waals surface area contributed by atoms with Crippen LogP contribution in [0, 0.1) is 11.8 Å². The van der Waals surface area contributed by atoms with E-state index in [-0.39, 0.29) is 23.6 Å². The summed E-state index contributed by atoms with van der Waals surface area (Å²) in [6, 6.07) is 4.59. The lowest BCUT2D eigenvalue weighted by Gasteiger charge is -2.20. The van der Waals surface area contributed by atoms with Gasteiger partial charge in [-0.15, -0.1) is 0 Å². The number of aromatic carboxylic acids is 1. The molecule has 0 amide bonds. The molecule has 0 bridgehead atoms. The molecule has 126 valence electrons. The van der Waals surface area contributed by atoms with Crippen LogP contribution in [-0.4, -0.2) is 34.3 Å². The molecule has 2 aromatic heterocycles. The Hall–Kier alpha value is -2.51. The summed E-state index contributed by atoms with van der Waals surface area (Å²) < 4.78 is 31.4. The molecule has 4 rings (SSSR count). The summed E-state index contributed by atoms with van der Waals surface area (Å²) in [4.78, 5) is 17.0. The van der Waals surface area contributed by atoms with E-state index in [1.54, 1.807) is 12.1 Å². The highest BCUT2D eigenvalue weighted by atomic mass is 19.3. The zero-order chi connectivity index (χ0) is 16.8. The minimum Gasteiger partial charge on any atom is -0.475 e. The predicted molar refractivity (Wildman–Crippen MR) is 79.3 cm³/mol. The van der Waals surface area contributed by atoms with Gasteiger partial charge in [-0.25, -0.2) is 18.6 Å². The number of piperidine rings is 1. The maximum atomic E-state index is 13.4. The largest absolute Gasteiger partial charge is 0.475 e. The van der Waals surface area contributed by atoms with Gasteiger partial charge in [-0.1, -0.05) is 11.2 Å². The number of carboxylic acids is 1. The van der Waals surface area contributed by atoms with Gasteiger partial charge in [-0.2, -0.15) is 0 Å². The molecule has 8 heteroatoms. The Morgan fingerprint density at radius 1 is 1.38 bits per heavy atom. The van der Waals surface area contributed by atoms with E-state index in [0.717, 1.165) is 13.1 Å². The van der Waals surface area contributed by atoms with Gasteiger partial charge >= 0.3 is 5.97 Å². The van der Waals surface area contributed by atoms with Crippen LogP contribution in [0.3, 0.4) is 0 Å². The second-order valence-corrected chi connectivity index (χ2v) is 6.34. The Kier molecular flexibility index (Phi) is 3.47. The molecule has 0 spiro atoms. The quantitative estimate of drug-likeness (QED) is 0.905. The minimum absolute atomic E-state index is 0.0506. The van der Waals surface area contributed by atoms with Gasteiger partial charge in [0.2, 0.25) is 5.76 Å². The SMILES string of the molecule is O=C(O)c1cc(Cc2ccc(N3CC4CC4C3)nc2C(F)F)no1. The van der Waals surface area contributed by atoms with Crippen molar-refractivity contribution in [1.29, 1.82) is 0 Å². The third kappa shape index (κ3) is 2.72. The lowest BCUT2D eigenvalue weighted by atomic mass is 10.1. The van der Waals surface area contributed by atoms with E-state index in [9.17, 15) is 13.6 Å². The number of hydrogen-bond acceptors (Lipinski definition) is 5. The van der Waals surface area contributed by atoms with Crippen molar-refractivity contribution in [2.45, 2.75) is 19.3 Å². The van der Waals surface area contributed by atoms with Gasteiger partial charge in [0.15, 0.2) is 0 Å². The Bertz CT molecular complexity index is 783. The maximum absolute atomic E-state index is 13.4. The molecule has 6 nitrogen and oxygen atoms in total. The molecule has 1 saturated carbocycles. The molecule has 2 atom stereocenters. The van der Waals surface area contributed by atoms with Gasteiger partial charge in [0.1, 0.15) is 11.5 Å². The van der Waals surface area contributed by atoms with Crippen LogP contribution in [0.2, 0.25) is 0 Å². The molecule has 2 fully saturated rings. The van der Waals surface area contributed by atoms with Crippen molar-refractivity contribution in [3.8, 4) is 0 Å². The number of aromatic nitrogens is 2. The van der Waals surface area contributed by atoms with Crippen LogP contribution in [0.15, 0.2) is 22.7 Å². The number of fused-ring (bicyclic) bond motifs is 1. The van der Waals surface area contributed by atoms with Crippen LogP contribution < -0.4 is 4.90 Å². The van der Waals surface area contributed by atoms with Gasteiger partial charge in [0.05, 0.1) is 5.69 Å². The molecule has 2 aliphatic rings. The predicted octanol–water partition coefficient (Wildman–Crippen LogP) is 2.75. The Morgan fingerprint density at radius 2 is 2.12 bits per heavy atom. The van der Waals surface area contributed by atoms with E-state index >= 15 is 0 Å². The van der Waals surface area contributed by atoms with Crippen molar-refractivity contribution in [3.63, 3.8) is 0 Å². The molecule has 3 heterocycles. The first kappa shape index (κ1) is 15.0. The molecule has 1 aliphatic heterocycles. The van der Waals surface area contributed by atoms with Crippen molar-refractivity contribution >= 4 is 11.8 Å². The van der Waals surface area contributed by atoms with Crippen molar-refractivity contribution in [2.75, 3.05) is 18.0 Å². The number of anilines is 1. The van der Waals surface area contributed by atoms with E-state index in [2.05, 4.69) is 14.7 Å². The van der Waals surface area contributed by atoms with Crippen molar-refractivity contribution in [2.24, 2.45) is 11.8 Å². The molecule has 24 heavy (non-hydrogen) atoms. The third-order valence-electron chi connectivity index (χ3n) is 4.65. The van der Waals surface area contributed by atoms with Gasteiger partial charge in [-0.3, -0.25) is 0 Å². The van der Waals surface area contributed by atoms with Crippen LogP contribution in [0.5, 0.6) is 0 Å². The molecule has 2 aromatic rings. The number of hydrogen-bond donors (Lipinski definition) is 1. The van der Waals surface area contributed by atoms with Crippen LogP contribution in [0.25, 0.3) is 0 Å². The fraction of sp³-hybridized carbons (Fsp3) is 0.438. The van der Waals surface area contributed by atoms with E-state index in [0.29, 0.717) is 23.2 Å². The minimum atomic E-state index is -2.71. The van der Waals surface area contributed by atoms with Gasteiger partial charge in [0.25, 0.3) is 6.43 Å². The molecular weight excluding hydrogens is 320 g/mol. The van der Waals surface area contributed by atoms with Crippen LogP contribution in [0.4, 0.5) is 14.6 Å². The monoisotopic (exact) mass is 335 g/mol. The number of pyridine rings is 1. The summed E-state index contributed by atoms with van der Waals surface area (Å²) in [6.07, 6.45) is -1.42. The van der Waals surface area contributed by atoms with E-state index < -0.39 is 12.4 Å². The smallest absolute Gasteiger partial charge is 0.374 e. The Morgan fingerprint density at radius 3 is 2.75 bits per heavy atom. The molecule has 0 radical (unpaired) electrons. The zero-order valence-corrected chi connectivity index (χ0v) is 12.7. The van der Waals surface area contributed by atoms with Gasteiger partial charge in [-0.05, 0) is 29.9 Å². The highest BCUT2D eigenvalue weighted by Crippen LogP contribution is 2.46. The van der Waals surface area contributed by atoms with Crippen molar-refractivity contribution in [3.05, 3.63) is 40.9 Å². The first-order valence-corrected chi connectivity index (χ1v) is 7.73. The second-order valence-electron chi connectivity index (χ2n) is 6.34. The average molecular weight is 335 g/mol. The zero-order valence-electron chi connectivity index (χ0n) is 12.7. The number of carboxylic acid groups (broad SMARTS) is 1. The third-order valence-corrected chi connectivity index (χ3v) is 4.65. The lowest BCUT2D eigenvalue weighted by Crippen LogP contribution is -2.23. The van der Waals surface area contributed by atoms with Crippen LogP contribution >= 0.6 is 0 Å². The molecule has 1 aliphatic carbocycles.